The molecule has 2 aromatic rings. The Morgan fingerprint density at radius 2 is 1.39 bits per heavy atom. The van der Waals surface area contributed by atoms with Crippen molar-refractivity contribution < 1.29 is 4.52 Å². The van der Waals surface area contributed by atoms with Gasteiger partial charge in [0.2, 0.25) is 6.85 Å². The number of hydrogen-bond acceptors (Lipinski definition) is 1. The van der Waals surface area contributed by atoms with Crippen LogP contribution in [0.25, 0.3) is 11.1 Å². The van der Waals surface area contributed by atoms with Crippen molar-refractivity contribution in [1.29, 1.82) is 0 Å². The minimum Gasteiger partial charge on any atom is -0.331 e. The van der Waals surface area contributed by atoms with Crippen molar-refractivity contribution in [2.45, 2.75) is 5.92 Å². The molecular weight excluding hydrogens is 286 g/mol. The van der Waals surface area contributed by atoms with Crippen molar-refractivity contribution in [2.24, 2.45) is 0 Å². The van der Waals surface area contributed by atoms with Crippen LogP contribution in [0.1, 0.15) is 17.0 Å². The van der Waals surface area contributed by atoms with Gasteiger partial charge >= 0.3 is 0 Å². The molecule has 0 saturated carbocycles. The summed E-state index contributed by atoms with van der Waals surface area (Å²) in [6, 6.07) is 16.8. The summed E-state index contributed by atoms with van der Waals surface area (Å²) in [7, 11) is 0. The Labute approximate surface area is 117 Å². The molecule has 0 heterocycles. The molecule has 0 saturated heterocycles. The van der Waals surface area contributed by atoms with Gasteiger partial charge in [-0.25, -0.2) is 0 Å². The number of hydrogen-bond donors (Lipinski definition) is 0. The van der Waals surface area contributed by atoms with E-state index < -0.39 is 6.85 Å². The fourth-order valence-electron chi connectivity index (χ4n) is 2.57. The summed E-state index contributed by atoms with van der Waals surface area (Å²) in [5.41, 5.74) is 5.16. The Balaban J connectivity index is 2.03. The maximum atomic E-state index is 5.72. The van der Waals surface area contributed by atoms with E-state index in [4.69, 9.17) is 27.0 Å². The second kappa shape index (κ2) is 5.19. The predicted molar refractivity (Wildman–Crippen MR) is 78.3 cm³/mol. The molecule has 2 aromatic carbocycles. The highest BCUT2D eigenvalue weighted by Crippen LogP contribution is 2.51. The van der Waals surface area contributed by atoms with Crippen molar-refractivity contribution in [3.8, 4) is 11.1 Å². The van der Waals surface area contributed by atoms with Crippen molar-refractivity contribution in [3.63, 3.8) is 0 Å². The fraction of sp³-hybridized carbons (Fsp3) is 0.143. The zero-order chi connectivity index (χ0) is 12.5. The van der Waals surface area contributed by atoms with Gasteiger partial charge in [-0.05, 0) is 44.7 Å². The Kier molecular flexibility index (Phi) is 3.59. The standard InChI is InChI=1S/C14H11Cl2OP/c15-18(16)17-9-14-12-7-3-1-5-10(12)11-6-2-4-8-13(11)14/h1-8,14H,9H2. The number of fused-ring (bicyclic) bond motifs is 3. The first-order valence-electron chi connectivity index (χ1n) is 5.70. The highest BCUT2D eigenvalue weighted by molar-refractivity contribution is 8.00. The van der Waals surface area contributed by atoms with Gasteiger partial charge in [0, 0.05) is 5.92 Å². The molecule has 0 unspecified atom stereocenters. The molecule has 18 heavy (non-hydrogen) atoms. The van der Waals surface area contributed by atoms with E-state index in [-0.39, 0.29) is 5.92 Å². The molecule has 0 fully saturated rings. The Bertz CT molecular complexity index is 526. The molecule has 4 heteroatoms. The van der Waals surface area contributed by atoms with Gasteiger partial charge < -0.3 is 4.52 Å². The predicted octanol–water partition coefficient (Wildman–Crippen LogP) is 5.52. The molecular formula is C14H11Cl2OP. The lowest BCUT2D eigenvalue weighted by molar-refractivity contribution is 0.350. The van der Waals surface area contributed by atoms with E-state index in [1.807, 2.05) is 0 Å². The van der Waals surface area contributed by atoms with Crippen molar-refractivity contribution >= 4 is 29.3 Å². The topological polar surface area (TPSA) is 9.23 Å². The van der Waals surface area contributed by atoms with Gasteiger partial charge in [-0.15, -0.1) is 0 Å². The number of benzene rings is 2. The molecule has 1 aliphatic carbocycles. The number of rotatable bonds is 3. The average Bonchev–Trinajstić information content (AvgIpc) is 2.71. The molecule has 0 radical (unpaired) electrons. The van der Waals surface area contributed by atoms with E-state index in [1.165, 1.54) is 22.3 Å². The van der Waals surface area contributed by atoms with Gasteiger partial charge in [0.25, 0.3) is 0 Å². The summed E-state index contributed by atoms with van der Waals surface area (Å²) >= 11 is 11.4. The molecule has 0 aliphatic heterocycles. The summed E-state index contributed by atoms with van der Waals surface area (Å²) < 4.78 is 5.44. The third-order valence-corrected chi connectivity index (χ3v) is 4.23. The lowest BCUT2D eigenvalue weighted by Gasteiger charge is -2.13. The minimum atomic E-state index is -1.35. The second-order valence-electron chi connectivity index (χ2n) is 4.22. The Morgan fingerprint density at radius 3 is 1.89 bits per heavy atom. The van der Waals surface area contributed by atoms with Gasteiger partial charge in [0.15, 0.2) is 0 Å². The highest BCUT2D eigenvalue weighted by Gasteiger charge is 2.28. The van der Waals surface area contributed by atoms with Gasteiger partial charge in [-0.1, -0.05) is 48.5 Å². The van der Waals surface area contributed by atoms with E-state index >= 15 is 0 Å². The van der Waals surface area contributed by atoms with Crippen LogP contribution in [0.3, 0.4) is 0 Å². The molecule has 1 aliphatic rings. The molecule has 92 valence electrons. The molecule has 0 N–H and O–H groups in total. The van der Waals surface area contributed by atoms with Crippen LogP contribution in [0.4, 0.5) is 0 Å². The zero-order valence-corrected chi connectivity index (χ0v) is 11.9. The summed E-state index contributed by atoms with van der Waals surface area (Å²) in [5.74, 6) is 0.236. The molecule has 0 aromatic heterocycles. The largest absolute Gasteiger partial charge is 0.331 e. The molecule has 0 spiro atoms. The second-order valence-corrected chi connectivity index (χ2v) is 7.25. The summed E-state index contributed by atoms with van der Waals surface area (Å²) in [6.45, 7) is -0.816. The van der Waals surface area contributed by atoms with E-state index in [9.17, 15) is 0 Å². The quantitative estimate of drug-likeness (QED) is 0.678. The van der Waals surface area contributed by atoms with Crippen molar-refractivity contribution in [3.05, 3.63) is 59.7 Å². The maximum absolute atomic E-state index is 5.72. The van der Waals surface area contributed by atoms with Crippen LogP contribution in [0.2, 0.25) is 0 Å². The highest BCUT2D eigenvalue weighted by atomic mass is 35.9. The van der Waals surface area contributed by atoms with E-state index in [2.05, 4.69) is 48.5 Å². The molecule has 0 atom stereocenters. The Hall–Kier alpha value is -0.590. The van der Waals surface area contributed by atoms with E-state index in [1.54, 1.807) is 0 Å². The fourth-order valence-corrected chi connectivity index (χ4v) is 3.17. The van der Waals surface area contributed by atoms with Crippen LogP contribution >= 0.6 is 29.3 Å². The molecule has 0 amide bonds. The van der Waals surface area contributed by atoms with Crippen molar-refractivity contribution in [2.75, 3.05) is 6.61 Å². The summed E-state index contributed by atoms with van der Waals surface area (Å²) in [5, 5.41) is 0. The van der Waals surface area contributed by atoms with Gasteiger partial charge in [0.05, 0.1) is 6.61 Å². The summed E-state index contributed by atoms with van der Waals surface area (Å²) in [6.07, 6.45) is 0. The SMILES string of the molecule is ClP(Cl)OCC1c2ccccc2-c2ccccc21. The molecule has 3 rings (SSSR count). The smallest absolute Gasteiger partial charge is 0.225 e. The molecule has 0 bridgehead atoms. The van der Waals surface area contributed by atoms with Crippen molar-refractivity contribution in [1.82, 2.24) is 0 Å². The molecule has 1 nitrogen and oxygen atoms in total. The normalized spacial score (nSPS) is 13.7. The first-order valence-corrected chi connectivity index (χ1v) is 8.77. The minimum absolute atomic E-state index is 0.236. The monoisotopic (exact) mass is 296 g/mol. The lowest BCUT2D eigenvalue weighted by atomic mass is 9.98. The van der Waals surface area contributed by atoms with Gasteiger partial charge in [-0.2, -0.15) is 0 Å². The average molecular weight is 297 g/mol. The van der Waals surface area contributed by atoms with E-state index in [0.717, 1.165) is 0 Å². The third kappa shape index (κ3) is 2.17. The first-order chi connectivity index (χ1) is 8.77. The van der Waals surface area contributed by atoms with Gasteiger partial charge in [-0.3, -0.25) is 0 Å². The number of halogens is 2. The zero-order valence-electron chi connectivity index (χ0n) is 9.51. The lowest BCUT2D eigenvalue weighted by Crippen LogP contribution is -2.03. The Morgan fingerprint density at radius 1 is 0.889 bits per heavy atom. The van der Waals surface area contributed by atoms with E-state index in [0.29, 0.717) is 6.61 Å². The van der Waals surface area contributed by atoms with Crippen LogP contribution in [-0.4, -0.2) is 6.61 Å². The third-order valence-electron chi connectivity index (χ3n) is 3.30. The summed E-state index contributed by atoms with van der Waals surface area (Å²) in [4.78, 5) is 0. The van der Waals surface area contributed by atoms with Crippen LogP contribution in [0.5, 0.6) is 0 Å². The first kappa shape index (κ1) is 12.4. The van der Waals surface area contributed by atoms with Gasteiger partial charge in [0.1, 0.15) is 0 Å². The van der Waals surface area contributed by atoms with Crippen LogP contribution < -0.4 is 0 Å². The van der Waals surface area contributed by atoms with Crippen LogP contribution in [0.15, 0.2) is 48.5 Å². The van der Waals surface area contributed by atoms with Crippen LogP contribution in [0, 0.1) is 0 Å². The van der Waals surface area contributed by atoms with Crippen LogP contribution in [-0.2, 0) is 4.52 Å². The maximum Gasteiger partial charge on any atom is 0.225 e.